The van der Waals surface area contributed by atoms with Crippen molar-refractivity contribution in [2.75, 3.05) is 6.54 Å². The van der Waals surface area contributed by atoms with E-state index in [4.69, 9.17) is 0 Å². The fourth-order valence-corrected chi connectivity index (χ4v) is 5.28. The van der Waals surface area contributed by atoms with E-state index in [1.54, 1.807) is 6.07 Å². The highest BCUT2D eigenvalue weighted by molar-refractivity contribution is 5.86. The first-order valence-corrected chi connectivity index (χ1v) is 10.1. The van der Waals surface area contributed by atoms with Crippen molar-refractivity contribution in [2.24, 2.45) is 17.8 Å². The minimum atomic E-state index is 0.374. The van der Waals surface area contributed by atoms with E-state index in [-0.39, 0.29) is 0 Å². The molecule has 3 heterocycles. The molecule has 1 saturated carbocycles. The number of aryl methyl sites for hydroxylation is 1. The van der Waals surface area contributed by atoms with Gasteiger partial charge in [-0.05, 0) is 73.7 Å². The van der Waals surface area contributed by atoms with Crippen LogP contribution in [0.25, 0.3) is 10.9 Å². The molecule has 2 aromatic rings. The lowest BCUT2D eigenvalue weighted by Crippen LogP contribution is -2.54. The Balaban J connectivity index is 1.76. The summed E-state index contributed by atoms with van der Waals surface area (Å²) >= 11 is 0. The van der Waals surface area contributed by atoms with E-state index < -0.39 is 0 Å². The molecule has 136 valence electrons. The number of aromatic amines is 1. The van der Waals surface area contributed by atoms with E-state index in [1.165, 1.54) is 54.4 Å². The van der Waals surface area contributed by atoms with Gasteiger partial charge in [-0.25, -0.2) is 0 Å². The quantitative estimate of drug-likeness (QED) is 0.721. The molecular weight excluding hydrogens is 308 g/mol. The molecule has 5 rings (SSSR count). The highest BCUT2D eigenvalue weighted by Crippen LogP contribution is 2.46. The van der Waals surface area contributed by atoms with Crippen LogP contribution < -0.4 is 5.32 Å². The number of nitrogens with one attached hydrogen (secondary N) is 2. The number of hydrogen-bond donors (Lipinski definition) is 3. The van der Waals surface area contributed by atoms with E-state index in [1.807, 2.05) is 12.1 Å². The Morgan fingerprint density at radius 1 is 1.24 bits per heavy atom. The van der Waals surface area contributed by atoms with Gasteiger partial charge < -0.3 is 15.4 Å². The van der Waals surface area contributed by atoms with Crippen LogP contribution in [0, 0.1) is 17.8 Å². The second-order valence-corrected chi connectivity index (χ2v) is 8.73. The fraction of sp³-hybridized carbons (Fsp3) is 0.636. The second kappa shape index (κ2) is 6.68. The second-order valence-electron chi connectivity index (χ2n) is 8.73. The van der Waals surface area contributed by atoms with E-state index in [9.17, 15) is 5.11 Å². The average Bonchev–Trinajstić information content (AvgIpc) is 2.97. The van der Waals surface area contributed by atoms with Crippen LogP contribution in [0.1, 0.15) is 63.6 Å². The van der Waals surface area contributed by atoms with Crippen molar-refractivity contribution >= 4 is 10.9 Å². The first kappa shape index (κ1) is 17.0. The molecule has 3 aliphatic rings. The van der Waals surface area contributed by atoms with Crippen molar-refractivity contribution in [1.82, 2.24) is 10.3 Å². The summed E-state index contributed by atoms with van der Waals surface area (Å²) in [4.78, 5) is 3.76. The molecule has 2 saturated heterocycles. The number of benzene rings is 1. The minimum absolute atomic E-state index is 0.374. The summed E-state index contributed by atoms with van der Waals surface area (Å²) in [5, 5.41) is 15.1. The number of aromatic hydroxyl groups is 1. The number of phenolic OH excluding ortho intramolecular Hbond substituents is 1. The fourth-order valence-electron chi connectivity index (χ4n) is 5.28. The Kier molecular flexibility index (Phi) is 4.53. The molecule has 3 N–H and O–H groups in total. The number of hydrogen-bond acceptors (Lipinski definition) is 2. The summed E-state index contributed by atoms with van der Waals surface area (Å²) in [5.74, 6) is 3.28. The van der Waals surface area contributed by atoms with Crippen LogP contribution in [-0.4, -0.2) is 22.7 Å². The van der Waals surface area contributed by atoms with Crippen molar-refractivity contribution in [2.45, 2.75) is 64.8 Å². The highest BCUT2D eigenvalue weighted by Gasteiger charge is 2.43. The molecule has 1 aromatic heterocycles. The molecule has 2 aliphatic heterocycles. The lowest BCUT2D eigenvalue weighted by atomic mass is 9.65. The molecule has 4 atom stereocenters. The molecule has 2 bridgehead atoms. The lowest BCUT2D eigenvalue weighted by molar-refractivity contribution is 0.108. The summed E-state index contributed by atoms with van der Waals surface area (Å²) in [5.41, 5.74) is 4.08. The molecule has 25 heavy (non-hydrogen) atoms. The standard InChI is InChI=1S/C22H32N2O/c1-4-15-9-14-10-19(21(15)23-12-14)22-17(7-5-13(2)3)18-11-16(25)6-8-20(18)24-22/h6,8,11,13-15,19,21,23-25H,4-5,7,9-10,12H2,1-3H3/t14-,15+,19-,21+/m1/s1. The summed E-state index contributed by atoms with van der Waals surface area (Å²) in [6.45, 7) is 8.12. The van der Waals surface area contributed by atoms with E-state index in [0.717, 1.165) is 18.3 Å². The average molecular weight is 341 g/mol. The SMILES string of the molecule is CC[C@H]1C[C@H]2CN[C@@H]1[C@H](c1[nH]c3ccc(O)cc3c1CCC(C)C)C2. The van der Waals surface area contributed by atoms with Crippen LogP contribution in [0.5, 0.6) is 5.75 Å². The third-order valence-corrected chi connectivity index (χ3v) is 6.60. The van der Waals surface area contributed by atoms with Crippen LogP contribution in [-0.2, 0) is 6.42 Å². The maximum Gasteiger partial charge on any atom is 0.116 e. The van der Waals surface area contributed by atoms with Crippen molar-refractivity contribution < 1.29 is 5.11 Å². The number of piperidine rings is 2. The number of fused-ring (bicyclic) bond motifs is 4. The van der Waals surface area contributed by atoms with Gasteiger partial charge in [0.05, 0.1) is 0 Å². The van der Waals surface area contributed by atoms with Gasteiger partial charge in [0, 0.05) is 28.6 Å². The predicted octanol–water partition coefficient (Wildman–Crippen LogP) is 4.95. The number of H-pyrrole nitrogens is 1. The Morgan fingerprint density at radius 3 is 2.80 bits per heavy atom. The third-order valence-electron chi connectivity index (χ3n) is 6.60. The smallest absolute Gasteiger partial charge is 0.116 e. The summed E-state index contributed by atoms with van der Waals surface area (Å²) in [6, 6.07) is 6.40. The van der Waals surface area contributed by atoms with Crippen molar-refractivity contribution in [3.05, 3.63) is 29.5 Å². The first-order chi connectivity index (χ1) is 12.1. The zero-order chi connectivity index (χ0) is 17.6. The van der Waals surface area contributed by atoms with E-state index >= 15 is 0 Å². The van der Waals surface area contributed by atoms with Crippen LogP contribution in [0.15, 0.2) is 18.2 Å². The van der Waals surface area contributed by atoms with Gasteiger partial charge in [-0.1, -0.05) is 27.2 Å². The van der Waals surface area contributed by atoms with Gasteiger partial charge in [-0.3, -0.25) is 0 Å². The van der Waals surface area contributed by atoms with Crippen LogP contribution in [0.3, 0.4) is 0 Å². The summed E-state index contributed by atoms with van der Waals surface area (Å²) in [6.07, 6.45) is 6.27. The van der Waals surface area contributed by atoms with E-state index in [2.05, 4.69) is 31.1 Å². The zero-order valence-corrected chi connectivity index (χ0v) is 15.8. The largest absolute Gasteiger partial charge is 0.508 e. The van der Waals surface area contributed by atoms with Crippen molar-refractivity contribution in [1.29, 1.82) is 0 Å². The zero-order valence-electron chi connectivity index (χ0n) is 15.8. The third kappa shape index (κ3) is 3.08. The Labute approximate surface area is 151 Å². The van der Waals surface area contributed by atoms with Gasteiger partial charge in [0.2, 0.25) is 0 Å². The monoisotopic (exact) mass is 340 g/mol. The van der Waals surface area contributed by atoms with Crippen LogP contribution >= 0.6 is 0 Å². The molecular formula is C22H32N2O. The van der Waals surface area contributed by atoms with E-state index in [0.29, 0.717) is 23.6 Å². The molecule has 3 nitrogen and oxygen atoms in total. The molecule has 3 fully saturated rings. The number of aromatic nitrogens is 1. The molecule has 1 aromatic carbocycles. The van der Waals surface area contributed by atoms with Crippen molar-refractivity contribution in [3.8, 4) is 5.75 Å². The maximum absolute atomic E-state index is 10.0. The van der Waals surface area contributed by atoms with Gasteiger partial charge in [0.15, 0.2) is 0 Å². The van der Waals surface area contributed by atoms with Crippen LogP contribution in [0.4, 0.5) is 0 Å². The Hall–Kier alpha value is -1.48. The number of rotatable bonds is 5. The van der Waals surface area contributed by atoms with Crippen LogP contribution in [0.2, 0.25) is 0 Å². The van der Waals surface area contributed by atoms with Gasteiger partial charge in [-0.2, -0.15) is 0 Å². The minimum Gasteiger partial charge on any atom is -0.508 e. The molecule has 3 heteroatoms. The number of phenols is 1. The molecule has 0 amide bonds. The summed E-state index contributed by atoms with van der Waals surface area (Å²) in [7, 11) is 0. The van der Waals surface area contributed by atoms with Gasteiger partial charge >= 0.3 is 0 Å². The molecule has 0 radical (unpaired) electrons. The Morgan fingerprint density at radius 2 is 2.08 bits per heavy atom. The van der Waals surface area contributed by atoms with Gasteiger partial charge in [0.25, 0.3) is 0 Å². The van der Waals surface area contributed by atoms with Gasteiger partial charge in [0.1, 0.15) is 5.75 Å². The Bertz CT molecular complexity index is 748. The highest BCUT2D eigenvalue weighted by atomic mass is 16.3. The summed E-state index contributed by atoms with van der Waals surface area (Å²) < 4.78 is 0. The molecule has 0 spiro atoms. The normalized spacial score (nSPS) is 29.0. The van der Waals surface area contributed by atoms with Gasteiger partial charge in [-0.15, -0.1) is 0 Å². The maximum atomic E-state index is 10.0. The van der Waals surface area contributed by atoms with Crippen molar-refractivity contribution in [3.63, 3.8) is 0 Å². The molecule has 1 aliphatic carbocycles. The topological polar surface area (TPSA) is 48.0 Å². The molecule has 0 unspecified atom stereocenters. The lowest BCUT2D eigenvalue weighted by Gasteiger charge is -2.48. The predicted molar refractivity (Wildman–Crippen MR) is 104 cm³/mol. The first-order valence-electron chi connectivity index (χ1n) is 10.1.